The summed E-state index contributed by atoms with van der Waals surface area (Å²) in [5.41, 5.74) is 0. The van der Waals surface area contributed by atoms with Crippen molar-refractivity contribution in [3.8, 4) is 17.2 Å². The Kier molecular flexibility index (Phi) is 27.2. The molecule has 0 atom stereocenters. The van der Waals surface area contributed by atoms with E-state index in [0.29, 0.717) is 0 Å². The molecule has 0 saturated heterocycles. The number of benzene rings is 1. The molecule has 0 bridgehead atoms. The number of nitro groups is 1. The molecule has 6 nitrogen and oxygen atoms in total. The van der Waals surface area contributed by atoms with Gasteiger partial charge in [-0.05, 0) is 0 Å². The van der Waals surface area contributed by atoms with Gasteiger partial charge in [0.25, 0.3) is 0 Å². The van der Waals surface area contributed by atoms with Crippen molar-refractivity contribution in [3.05, 3.63) is 28.3 Å². The molecule has 1 aromatic carbocycles. The van der Waals surface area contributed by atoms with Gasteiger partial charge >= 0.3 is 17.4 Å². The molecule has 1 rings (SSSR count). The molecule has 96 valence electrons. The first kappa shape index (κ1) is 29.9. The van der Waals surface area contributed by atoms with Crippen LogP contribution in [0.15, 0.2) is 18.2 Å². The number of nitrogens with zero attached hydrogens (tertiary/aromatic N) is 1. The zero-order valence-corrected chi connectivity index (χ0v) is 12.0. The second-order valence-corrected chi connectivity index (χ2v) is 2.15. The van der Waals surface area contributed by atoms with Crippen molar-refractivity contribution >= 4 is 17.4 Å². The average molecular weight is 320 g/mol. The molecule has 3 N–H and O–H groups in total. The van der Waals surface area contributed by atoms with Gasteiger partial charge in [-0.25, -0.2) is 0 Å². The van der Waals surface area contributed by atoms with Gasteiger partial charge in [0.05, 0.1) is 0 Å². The molecule has 0 aliphatic heterocycles. The van der Waals surface area contributed by atoms with E-state index in [0.717, 1.165) is 25.2 Å². The van der Waals surface area contributed by atoms with Gasteiger partial charge in [-0.3, -0.25) is 10.1 Å². The average Bonchev–Trinajstić information content (AvgIpc) is 1.80. The Hall–Kier alpha value is -0.578. The van der Waals surface area contributed by atoms with Crippen LogP contribution in [0.2, 0.25) is 0 Å². The van der Waals surface area contributed by atoms with Crippen molar-refractivity contribution < 1.29 is 57.5 Å². The van der Waals surface area contributed by atoms with Crippen LogP contribution in [-0.2, 0) is 0 Å². The molecule has 0 spiro atoms. The predicted octanol–water partition coefficient (Wildman–Crippen LogP) is -8.67. The summed E-state index contributed by atoms with van der Waals surface area (Å²) in [5.74, 6) is -0.437. The van der Waals surface area contributed by atoms with Crippen molar-refractivity contribution in [2.75, 3.05) is 7.05 Å². The third kappa shape index (κ3) is 21.3. The summed E-state index contributed by atoms with van der Waals surface area (Å²) < 4.78 is 0. The van der Waals surface area contributed by atoms with Gasteiger partial charge in [0.1, 0.15) is 17.2 Å². The van der Waals surface area contributed by atoms with E-state index in [9.17, 15) is 0 Å². The molecular formula is C7H9AlCl3NO5. The Balaban J connectivity index is -0.0000000542. The Morgan fingerprint density at radius 1 is 0.941 bits per heavy atom. The van der Waals surface area contributed by atoms with Gasteiger partial charge in [-0.1, -0.05) is 0 Å². The van der Waals surface area contributed by atoms with Crippen LogP contribution < -0.4 is 37.2 Å². The van der Waals surface area contributed by atoms with Gasteiger partial charge in [0, 0.05) is 23.1 Å². The number of phenolic OH excluding ortho intramolecular Hbond substituents is 3. The summed E-state index contributed by atoms with van der Waals surface area (Å²) in [7, 11) is 0.889. The summed E-state index contributed by atoms with van der Waals surface area (Å²) >= 11 is 0. The Morgan fingerprint density at radius 3 is 1.18 bits per heavy atom. The third-order valence-electron chi connectivity index (χ3n) is 0.887. The molecule has 0 aliphatic rings. The quantitative estimate of drug-likeness (QED) is 0.250. The van der Waals surface area contributed by atoms with E-state index in [2.05, 4.69) is 0 Å². The number of halogens is 3. The zero-order chi connectivity index (χ0) is 10.4. The monoisotopic (exact) mass is 319 g/mol. The van der Waals surface area contributed by atoms with E-state index in [-0.39, 0.29) is 71.8 Å². The maximum Gasteiger partial charge on any atom is 3.00 e. The molecule has 0 unspecified atom stereocenters. The molecule has 10 heteroatoms. The first-order valence-corrected chi connectivity index (χ1v) is 3.22. The van der Waals surface area contributed by atoms with Gasteiger partial charge in [0.15, 0.2) is 7.05 Å². The smallest absolute Gasteiger partial charge is 1.00 e. The molecule has 0 saturated carbocycles. The second-order valence-electron chi connectivity index (χ2n) is 2.15. The van der Waals surface area contributed by atoms with Crippen LogP contribution in [0.25, 0.3) is 0 Å². The zero-order valence-electron chi connectivity index (χ0n) is 8.55. The standard InChI is InChI=1S/C6H6O3.CH3NO2.Al.3ClH/c7-4-1-5(8)3-6(9)2-4;1-2(3)4;;;;/h1-3,7-9H;1H3;;3*1H/q;;+3;;;/p-3. The molecule has 0 radical (unpaired) electrons. The van der Waals surface area contributed by atoms with E-state index in [1.54, 1.807) is 0 Å². The molecular weight excluding hydrogens is 311 g/mol. The maximum atomic E-state index is 8.81. The summed E-state index contributed by atoms with van der Waals surface area (Å²) in [6.07, 6.45) is 0. The van der Waals surface area contributed by atoms with Crippen LogP contribution in [0.4, 0.5) is 0 Å². The van der Waals surface area contributed by atoms with E-state index < -0.39 is 4.92 Å². The van der Waals surface area contributed by atoms with Crippen molar-refractivity contribution in [2.24, 2.45) is 0 Å². The summed E-state index contributed by atoms with van der Waals surface area (Å²) in [5, 5.41) is 34.8. The number of phenols is 3. The molecule has 17 heavy (non-hydrogen) atoms. The summed E-state index contributed by atoms with van der Waals surface area (Å²) in [4.78, 5) is 8.31. The number of hydrogen-bond donors (Lipinski definition) is 3. The molecule has 0 aromatic heterocycles. The number of rotatable bonds is 0. The largest absolute Gasteiger partial charge is 3.00 e. The maximum absolute atomic E-state index is 8.81. The van der Waals surface area contributed by atoms with Crippen molar-refractivity contribution in [1.82, 2.24) is 0 Å². The summed E-state index contributed by atoms with van der Waals surface area (Å²) in [6, 6.07) is 3.42. The van der Waals surface area contributed by atoms with Crippen molar-refractivity contribution in [3.63, 3.8) is 0 Å². The first-order chi connectivity index (χ1) is 5.91. The summed E-state index contributed by atoms with van der Waals surface area (Å²) in [6.45, 7) is 0. The fourth-order valence-electron chi connectivity index (χ4n) is 0.580. The molecule has 0 fully saturated rings. The van der Waals surface area contributed by atoms with Gasteiger partial charge in [-0.15, -0.1) is 0 Å². The van der Waals surface area contributed by atoms with Gasteiger partial charge in [-0.2, -0.15) is 0 Å². The SMILES string of the molecule is C[N+](=O)[O-].Oc1cc(O)cc(O)c1.[Al+3].[Cl-].[Cl-].[Cl-]. The van der Waals surface area contributed by atoms with Crippen LogP contribution in [0.1, 0.15) is 0 Å². The van der Waals surface area contributed by atoms with Crippen LogP contribution in [0, 0.1) is 10.1 Å². The molecule has 0 aliphatic carbocycles. The Labute approximate surface area is 127 Å². The topological polar surface area (TPSA) is 104 Å². The Bertz CT molecular complexity index is 261. The molecule has 0 heterocycles. The predicted molar refractivity (Wildman–Crippen MR) is 50.1 cm³/mol. The minimum atomic E-state index is -0.500. The van der Waals surface area contributed by atoms with Crippen LogP contribution in [0.3, 0.4) is 0 Å². The minimum absolute atomic E-state index is 0. The fraction of sp³-hybridized carbons (Fsp3) is 0.143. The van der Waals surface area contributed by atoms with Crippen molar-refractivity contribution in [2.45, 2.75) is 0 Å². The molecule has 1 aromatic rings. The first-order valence-electron chi connectivity index (χ1n) is 3.22. The number of aromatic hydroxyl groups is 3. The van der Waals surface area contributed by atoms with E-state index >= 15 is 0 Å². The van der Waals surface area contributed by atoms with Gasteiger partial charge in [0.2, 0.25) is 0 Å². The van der Waals surface area contributed by atoms with E-state index in [1.165, 1.54) is 0 Å². The molecule has 0 amide bonds. The van der Waals surface area contributed by atoms with Crippen LogP contribution in [0.5, 0.6) is 17.2 Å². The van der Waals surface area contributed by atoms with E-state index in [1.807, 2.05) is 0 Å². The van der Waals surface area contributed by atoms with Gasteiger partial charge < -0.3 is 52.5 Å². The normalized spacial score (nSPS) is 6.41. The van der Waals surface area contributed by atoms with E-state index in [4.69, 9.17) is 25.4 Å². The fourth-order valence-corrected chi connectivity index (χ4v) is 0.580. The Morgan fingerprint density at radius 2 is 1.06 bits per heavy atom. The second kappa shape index (κ2) is 15.4. The van der Waals surface area contributed by atoms with Crippen molar-refractivity contribution in [1.29, 1.82) is 0 Å². The van der Waals surface area contributed by atoms with Crippen LogP contribution >= 0.6 is 0 Å². The third-order valence-corrected chi connectivity index (χ3v) is 0.887. The number of hydrogen-bond acceptors (Lipinski definition) is 5. The minimum Gasteiger partial charge on any atom is -1.00 e. The van der Waals surface area contributed by atoms with Crippen LogP contribution in [-0.4, -0.2) is 44.7 Å².